The minimum atomic E-state index is -3.90. The van der Waals surface area contributed by atoms with Crippen molar-refractivity contribution in [2.24, 2.45) is 5.92 Å². The van der Waals surface area contributed by atoms with Crippen molar-refractivity contribution in [1.82, 2.24) is 4.72 Å². The van der Waals surface area contributed by atoms with Crippen molar-refractivity contribution in [2.75, 3.05) is 11.4 Å². The zero-order valence-corrected chi connectivity index (χ0v) is 13.5. The molecule has 0 saturated heterocycles. The Hall–Kier alpha value is -1.93. The number of rotatable bonds is 5. The number of carboxylic acid groups (broad SMARTS) is 1. The first kappa shape index (κ1) is 15.9. The summed E-state index contributed by atoms with van der Waals surface area (Å²) in [5.74, 6) is -1.02. The van der Waals surface area contributed by atoms with E-state index in [0.717, 1.165) is 24.1 Å². The van der Waals surface area contributed by atoms with Crippen molar-refractivity contribution < 1.29 is 23.1 Å². The number of carbonyl (C=O) groups is 2. The summed E-state index contributed by atoms with van der Waals surface area (Å²) in [6.07, 6.45) is 2.45. The van der Waals surface area contributed by atoms with E-state index < -0.39 is 22.0 Å². The molecule has 1 atom stereocenters. The van der Waals surface area contributed by atoms with Crippen LogP contribution in [0.15, 0.2) is 23.1 Å². The number of anilines is 1. The van der Waals surface area contributed by atoms with Crippen LogP contribution in [-0.4, -0.2) is 38.0 Å². The van der Waals surface area contributed by atoms with E-state index in [1.54, 1.807) is 11.0 Å². The predicted molar refractivity (Wildman–Crippen MR) is 82.6 cm³/mol. The Morgan fingerprint density at radius 3 is 2.65 bits per heavy atom. The van der Waals surface area contributed by atoms with Gasteiger partial charge in [0, 0.05) is 18.2 Å². The Labute approximate surface area is 134 Å². The highest BCUT2D eigenvalue weighted by Crippen LogP contribution is 2.37. The van der Waals surface area contributed by atoms with E-state index in [-0.39, 0.29) is 16.7 Å². The number of carbonyl (C=O) groups excluding carboxylic acids is 1. The summed E-state index contributed by atoms with van der Waals surface area (Å²) in [5, 5.41) is 8.83. The fourth-order valence-corrected chi connectivity index (χ4v) is 3.92. The minimum Gasteiger partial charge on any atom is -0.480 e. The lowest BCUT2D eigenvalue weighted by atomic mass is 10.2. The Kier molecular flexibility index (Phi) is 3.89. The van der Waals surface area contributed by atoms with E-state index in [9.17, 15) is 18.0 Å². The van der Waals surface area contributed by atoms with Gasteiger partial charge < -0.3 is 10.0 Å². The van der Waals surface area contributed by atoms with E-state index in [4.69, 9.17) is 5.11 Å². The van der Waals surface area contributed by atoms with Crippen molar-refractivity contribution in [3.05, 3.63) is 23.8 Å². The number of hydrogen-bond donors (Lipinski definition) is 2. The first-order valence-corrected chi connectivity index (χ1v) is 8.97. The summed E-state index contributed by atoms with van der Waals surface area (Å²) in [6.45, 7) is 1.83. The van der Waals surface area contributed by atoms with Crippen LogP contribution in [0.25, 0.3) is 0 Å². The Morgan fingerprint density at radius 1 is 1.35 bits per heavy atom. The van der Waals surface area contributed by atoms with E-state index in [1.165, 1.54) is 19.1 Å². The van der Waals surface area contributed by atoms with Crippen LogP contribution in [0.2, 0.25) is 0 Å². The standard InChI is InChI=1S/C15H18N2O5S/c1-9(15(19)20)16-23(21,22)12-4-5-13-11(8-12)6-7-17(13)14(18)10-2-3-10/h4-5,8-10,16H,2-3,6-7H2,1H3,(H,19,20). The maximum atomic E-state index is 12.2. The van der Waals surface area contributed by atoms with Crippen molar-refractivity contribution >= 4 is 27.6 Å². The first-order chi connectivity index (χ1) is 10.8. The van der Waals surface area contributed by atoms with Crippen LogP contribution >= 0.6 is 0 Å². The Morgan fingerprint density at radius 2 is 2.04 bits per heavy atom. The molecule has 2 N–H and O–H groups in total. The number of sulfonamides is 1. The van der Waals surface area contributed by atoms with E-state index in [1.807, 2.05) is 0 Å². The summed E-state index contributed by atoms with van der Waals surface area (Å²) in [5.41, 5.74) is 1.55. The molecule has 124 valence electrons. The second-order valence-electron chi connectivity index (χ2n) is 5.99. The maximum Gasteiger partial charge on any atom is 0.321 e. The molecule has 1 aromatic carbocycles. The third-order valence-corrected chi connectivity index (χ3v) is 5.69. The van der Waals surface area contributed by atoms with Crippen LogP contribution < -0.4 is 9.62 Å². The number of aliphatic carboxylic acids is 1. The fraction of sp³-hybridized carbons (Fsp3) is 0.467. The lowest BCUT2D eigenvalue weighted by Crippen LogP contribution is -2.38. The van der Waals surface area contributed by atoms with Gasteiger partial charge in [-0.25, -0.2) is 8.42 Å². The van der Waals surface area contributed by atoms with Gasteiger partial charge in [-0.15, -0.1) is 0 Å². The van der Waals surface area contributed by atoms with Gasteiger partial charge in [-0.2, -0.15) is 4.72 Å². The highest BCUT2D eigenvalue weighted by molar-refractivity contribution is 7.89. The molecule has 1 aliphatic heterocycles. The van der Waals surface area contributed by atoms with Crippen LogP contribution in [-0.2, 0) is 26.0 Å². The number of benzene rings is 1. The molecule has 1 aliphatic carbocycles. The molecule has 1 fully saturated rings. The number of nitrogens with zero attached hydrogens (tertiary/aromatic N) is 1. The van der Waals surface area contributed by atoms with Crippen LogP contribution in [0.3, 0.4) is 0 Å². The molecule has 1 aromatic rings. The quantitative estimate of drug-likeness (QED) is 0.824. The average Bonchev–Trinajstić information content (AvgIpc) is 3.25. The monoisotopic (exact) mass is 338 g/mol. The molecule has 2 aliphatic rings. The largest absolute Gasteiger partial charge is 0.480 e. The zero-order chi connectivity index (χ0) is 16.8. The highest BCUT2D eigenvalue weighted by Gasteiger charge is 2.36. The maximum absolute atomic E-state index is 12.2. The van der Waals surface area contributed by atoms with Crippen LogP contribution in [0.5, 0.6) is 0 Å². The Balaban J connectivity index is 1.84. The molecule has 1 unspecified atom stereocenters. The molecule has 7 nitrogen and oxygen atoms in total. The smallest absolute Gasteiger partial charge is 0.321 e. The number of hydrogen-bond acceptors (Lipinski definition) is 4. The normalized spacial score (nSPS) is 18.6. The van der Waals surface area contributed by atoms with Crippen LogP contribution in [0.1, 0.15) is 25.3 Å². The predicted octanol–water partition coefficient (Wildman–Crippen LogP) is 0.737. The average molecular weight is 338 g/mol. The first-order valence-electron chi connectivity index (χ1n) is 7.49. The lowest BCUT2D eigenvalue weighted by Gasteiger charge is -2.17. The van der Waals surface area contributed by atoms with Crippen molar-refractivity contribution in [2.45, 2.75) is 37.1 Å². The van der Waals surface area contributed by atoms with Gasteiger partial charge >= 0.3 is 5.97 Å². The molecule has 3 rings (SSSR count). The van der Waals surface area contributed by atoms with Crippen molar-refractivity contribution in [3.63, 3.8) is 0 Å². The van der Waals surface area contributed by atoms with Gasteiger partial charge in [0.15, 0.2) is 0 Å². The van der Waals surface area contributed by atoms with Gasteiger partial charge in [0.2, 0.25) is 15.9 Å². The molecule has 8 heteroatoms. The van der Waals surface area contributed by atoms with Crippen LogP contribution in [0.4, 0.5) is 5.69 Å². The topological polar surface area (TPSA) is 104 Å². The molecule has 0 spiro atoms. The van der Waals surface area contributed by atoms with Crippen molar-refractivity contribution in [1.29, 1.82) is 0 Å². The highest BCUT2D eigenvalue weighted by atomic mass is 32.2. The van der Waals surface area contributed by atoms with Gasteiger partial charge in [0.1, 0.15) is 6.04 Å². The number of nitrogens with one attached hydrogen (secondary N) is 1. The lowest BCUT2D eigenvalue weighted by molar-refractivity contribution is -0.138. The van der Waals surface area contributed by atoms with Gasteiger partial charge in [0.05, 0.1) is 4.90 Å². The van der Waals surface area contributed by atoms with Crippen molar-refractivity contribution in [3.8, 4) is 0 Å². The summed E-state index contributed by atoms with van der Waals surface area (Å²) in [4.78, 5) is 24.8. The number of amides is 1. The molecule has 1 heterocycles. The fourth-order valence-electron chi connectivity index (χ4n) is 2.68. The third-order valence-electron chi connectivity index (χ3n) is 4.15. The SMILES string of the molecule is CC(NS(=O)(=O)c1ccc2c(c1)CCN2C(=O)C1CC1)C(=O)O. The van der Waals surface area contributed by atoms with Gasteiger partial charge in [-0.3, -0.25) is 9.59 Å². The summed E-state index contributed by atoms with van der Waals surface area (Å²) >= 11 is 0. The van der Waals surface area contributed by atoms with Gasteiger partial charge in [0.25, 0.3) is 0 Å². The molecule has 0 bridgehead atoms. The van der Waals surface area contributed by atoms with Crippen LogP contribution in [0, 0.1) is 5.92 Å². The summed E-state index contributed by atoms with van der Waals surface area (Å²) < 4.78 is 26.6. The molecule has 1 amide bonds. The summed E-state index contributed by atoms with van der Waals surface area (Å²) in [6, 6.07) is 3.35. The van der Waals surface area contributed by atoms with Gasteiger partial charge in [-0.1, -0.05) is 0 Å². The Bertz CT molecular complexity index is 770. The minimum absolute atomic E-state index is 0.0186. The third kappa shape index (κ3) is 3.09. The van der Waals surface area contributed by atoms with E-state index in [0.29, 0.717) is 13.0 Å². The number of fused-ring (bicyclic) bond motifs is 1. The van der Waals surface area contributed by atoms with E-state index in [2.05, 4.69) is 4.72 Å². The second-order valence-corrected chi connectivity index (χ2v) is 7.70. The number of carboxylic acids is 1. The molecule has 0 radical (unpaired) electrons. The second kappa shape index (κ2) is 5.61. The molecular formula is C15H18N2O5S. The summed E-state index contributed by atoms with van der Waals surface area (Å²) in [7, 11) is -3.90. The molecule has 23 heavy (non-hydrogen) atoms. The molecule has 1 saturated carbocycles. The zero-order valence-electron chi connectivity index (χ0n) is 12.7. The van der Waals surface area contributed by atoms with Gasteiger partial charge in [-0.05, 0) is 49.9 Å². The molecule has 0 aromatic heterocycles. The molecular weight excluding hydrogens is 320 g/mol. The van der Waals surface area contributed by atoms with E-state index >= 15 is 0 Å².